The average molecular weight is 280 g/mol. The molecule has 0 saturated carbocycles. The largest absolute Gasteiger partial charge is 0.504 e. The topological polar surface area (TPSA) is 125 Å². The summed E-state index contributed by atoms with van der Waals surface area (Å²) in [5.74, 6) is -2.35. The number of aromatic hydroxyl groups is 2. The lowest BCUT2D eigenvalue weighted by Gasteiger charge is -2.10. The molecule has 0 heterocycles. The summed E-state index contributed by atoms with van der Waals surface area (Å²) in [4.78, 5) is 11.1. The Balaban J connectivity index is 2.85. The third-order valence-electron chi connectivity index (χ3n) is 2.97. The highest BCUT2D eigenvalue weighted by molar-refractivity contribution is 5.94. The third kappa shape index (κ3) is 2.22. The van der Waals surface area contributed by atoms with E-state index in [2.05, 4.69) is 0 Å². The summed E-state index contributed by atoms with van der Waals surface area (Å²) >= 11 is 0. The Kier molecular flexibility index (Phi) is 3.47. The lowest BCUT2D eigenvalue weighted by molar-refractivity contribution is 0.0696. The molecule has 0 bridgehead atoms. The van der Waals surface area contributed by atoms with Crippen LogP contribution in [0.2, 0.25) is 0 Å². The second-order valence-electron chi connectivity index (χ2n) is 4.11. The molecule has 0 saturated heterocycles. The van der Waals surface area contributed by atoms with Gasteiger partial charge in [-0.05, 0) is 18.2 Å². The van der Waals surface area contributed by atoms with Gasteiger partial charge in [0.05, 0.1) is 11.1 Å². The number of hydrogen-bond donors (Lipinski definition) is 3. The summed E-state index contributed by atoms with van der Waals surface area (Å²) in [6.45, 7) is 0. The lowest BCUT2D eigenvalue weighted by atomic mass is 9.92. The zero-order valence-electron chi connectivity index (χ0n) is 10.5. The molecule has 102 valence electrons. The van der Waals surface area contributed by atoms with Crippen molar-refractivity contribution in [2.24, 2.45) is 0 Å². The molecule has 0 spiro atoms. The molecule has 0 atom stereocenters. The molecule has 0 radical (unpaired) electrons. The number of benzene rings is 2. The van der Waals surface area contributed by atoms with Crippen LogP contribution in [0.4, 0.5) is 0 Å². The van der Waals surface area contributed by atoms with E-state index in [0.29, 0.717) is 0 Å². The van der Waals surface area contributed by atoms with Gasteiger partial charge in [-0.2, -0.15) is 10.5 Å². The first kappa shape index (κ1) is 13.9. The SMILES string of the molecule is N#Cc1c(C(=O)O)cccc1-c1ccc(O)c(O)c1C#N. The predicted octanol–water partition coefficient (Wildman–Crippen LogP) is 2.21. The van der Waals surface area contributed by atoms with Crippen LogP contribution in [0.1, 0.15) is 21.5 Å². The minimum absolute atomic E-state index is 0.119. The number of carbonyl (C=O) groups is 1. The fraction of sp³-hybridized carbons (Fsp3) is 0. The molecule has 2 aromatic rings. The van der Waals surface area contributed by atoms with E-state index in [4.69, 9.17) is 10.4 Å². The summed E-state index contributed by atoms with van der Waals surface area (Å²) in [5, 5.41) is 46.5. The van der Waals surface area contributed by atoms with Gasteiger partial charge < -0.3 is 15.3 Å². The number of rotatable bonds is 2. The highest BCUT2D eigenvalue weighted by Gasteiger charge is 2.19. The van der Waals surface area contributed by atoms with Crippen molar-refractivity contribution in [2.45, 2.75) is 0 Å². The van der Waals surface area contributed by atoms with Crippen molar-refractivity contribution in [3.05, 3.63) is 47.0 Å². The number of nitrogens with zero attached hydrogens (tertiary/aromatic N) is 2. The fourth-order valence-corrected chi connectivity index (χ4v) is 1.99. The van der Waals surface area contributed by atoms with Crippen LogP contribution in [-0.2, 0) is 0 Å². The molecule has 0 aliphatic carbocycles. The Morgan fingerprint density at radius 1 is 0.952 bits per heavy atom. The van der Waals surface area contributed by atoms with Crippen LogP contribution in [0.5, 0.6) is 11.5 Å². The molecule has 0 fully saturated rings. The Morgan fingerprint density at radius 3 is 2.14 bits per heavy atom. The van der Waals surface area contributed by atoms with Crippen LogP contribution < -0.4 is 0 Å². The number of aromatic carboxylic acids is 1. The van der Waals surface area contributed by atoms with E-state index in [1.807, 2.05) is 0 Å². The van der Waals surface area contributed by atoms with E-state index >= 15 is 0 Å². The van der Waals surface area contributed by atoms with Crippen molar-refractivity contribution in [1.29, 1.82) is 10.5 Å². The maximum atomic E-state index is 11.1. The number of hydrogen-bond acceptors (Lipinski definition) is 5. The van der Waals surface area contributed by atoms with Gasteiger partial charge in [0.1, 0.15) is 17.7 Å². The predicted molar refractivity (Wildman–Crippen MR) is 71.6 cm³/mol. The Bertz CT molecular complexity index is 829. The quantitative estimate of drug-likeness (QED) is 0.724. The summed E-state index contributed by atoms with van der Waals surface area (Å²) in [5.41, 5.74) is -0.177. The number of carboxylic acid groups (broad SMARTS) is 1. The minimum atomic E-state index is -1.27. The van der Waals surface area contributed by atoms with Crippen LogP contribution in [-0.4, -0.2) is 21.3 Å². The number of phenols is 2. The van der Waals surface area contributed by atoms with Crippen molar-refractivity contribution in [2.75, 3.05) is 0 Å². The molecule has 2 rings (SSSR count). The van der Waals surface area contributed by atoms with E-state index < -0.39 is 17.5 Å². The monoisotopic (exact) mass is 280 g/mol. The molecule has 0 aliphatic rings. The molecule has 3 N–H and O–H groups in total. The van der Waals surface area contributed by atoms with Gasteiger partial charge in [-0.15, -0.1) is 0 Å². The lowest BCUT2D eigenvalue weighted by Crippen LogP contribution is -2.02. The Morgan fingerprint density at radius 2 is 1.57 bits per heavy atom. The first-order valence-electron chi connectivity index (χ1n) is 5.73. The van der Waals surface area contributed by atoms with E-state index in [9.17, 15) is 20.3 Å². The van der Waals surface area contributed by atoms with Crippen LogP contribution in [0.15, 0.2) is 30.3 Å². The van der Waals surface area contributed by atoms with E-state index in [0.717, 1.165) is 0 Å². The first-order chi connectivity index (χ1) is 10.0. The highest BCUT2D eigenvalue weighted by Crippen LogP contribution is 2.37. The van der Waals surface area contributed by atoms with Crippen molar-refractivity contribution < 1.29 is 20.1 Å². The summed E-state index contributed by atoms with van der Waals surface area (Å²) in [7, 11) is 0. The van der Waals surface area contributed by atoms with Crippen molar-refractivity contribution in [3.8, 4) is 34.8 Å². The maximum Gasteiger partial charge on any atom is 0.337 e. The van der Waals surface area contributed by atoms with E-state index in [-0.39, 0.29) is 27.8 Å². The van der Waals surface area contributed by atoms with Gasteiger partial charge in [0, 0.05) is 11.1 Å². The maximum absolute atomic E-state index is 11.1. The summed E-state index contributed by atoms with van der Waals surface area (Å²) in [6.07, 6.45) is 0. The standard InChI is InChI=1S/C15H8N2O4/c16-6-11-8(2-1-3-10(11)15(20)21)9-4-5-13(18)14(19)12(9)7-17/h1-5,18-19H,(H,20,21). The number of carboxylic acids is 1. The van der Waals surface area contributed by atoms with Gasteiger partial charge in [-0.1, -0.05) is 12.1 Å². The second-order valence-corrected chi connectivity index (χ2v) is 4.11. The summed E-state index contributed by atoms with van der Waals surface area (Å²) in [6, 6.07) is 10.2. The molecule has 0 amide bonds. The van der Waals surface area contributed by atoms with Gasteiger partial charge in [0.2, 0.25) is 0 Å². The molecule has 6 nitrogen and oxygen atoms in total. The zero-order chi connectivity index (χ0) is 15.6. The first-order valence-corrected chi connectivity index (χ1v) is 5.73. The molecule has 6 heteroatoms. The number of phenolic OH excluding ortho intramolecular Hbond substituents is 2. The van der Waals surface area contributed by atoms with Gasteiger partial charge in [0.15, 0.2) is 11.5 Å². The van der Waals surface area contributed by atoms with E-state index in [1.165, 1.54) is 30.3 Å². The molecule has 0 aliphatic heterocycles. The highest BCUT2D eigenvalue weighted by atomic mass is 16.4. The summed E-state index contributed by atoms with van der Waals surface area (Å²) < 4.78 is 0. The van der Waals surface area contributed by atoms with Crippen molar-refractivity contribution >= 4 is 5.97 Å². The zero-order valence-corrected chi connectivity index (χ0v) is 10.5. The minimum Gasteiger partial charge on any atom is -0.504 e. The Hall–Kier alpha value is -3.51. The van der Waals surface area contributed by atoms with Gasteiger partial charge in [-0.25, -0.2) is 4.79 Å². The van der Waals surface area contributed by atoms with Crippen molar-refractivity contribution in [1.82, 2.24) is 0 Å². The van der Waals surface area contributed by atoms with Crippen LogP contribution in [0.25, 0.3) is 11.1 Å². The molecule has 2 aromatic carbocycles. The average Bonchev–Trinajstić information content (AvgIpc) is 2.48. The molecule has 0 unspecified atom stereocenters. The molecular weight excluding hydrogens is 272 g/mol. The number of nitriles is 2. The molecule has 0 aromatic heterocycles. The van der Waals surface area contributed by atoms with Gasteiger partial charge in [-0.3, -0.25) is 0 Å². The van der Waals surface area contributed by atoms with Crippen LogP contribution >= 0.6 is 0 Å². The van der Waals surface area contributed by atoms with Crippen molar-refractivity contribution in [3.63, 3.8) is 0 Å². The van der Waals surface area contributed by atoms with Gasteiger partial charge >= 0.3 is 5.97 Å². The third-order valence-corrected chi connectivity index (χ3v) is 2.97. The van der Waals surface area contributed by atoms with E-state index in [1.54, 1.807) is 12.1 Å². The molecular formula is C15H8N2O4. The fourth-order valence-electron chi connectivity index (χ4n) is 1.99. The van der Waals surface area contributed by atoms with Crippen LogP contribution in [0.3, 0.4) is 0 Å². The normalized spacial score (nSPS) is 9.62. The van der Waals surface area contributed by atoms with Gasteiger partial charge in [0.25, 0.3) is 0 Å². The van der Waals surface area contributed by atoms with Crippen LogP contribution in [0, 0.1) is 22.7 Å². The second kappa shape index (κ2) is 5.24. The molecule has 21 heavy (non-hydrogen) atoms. The Labute approximate surface area is 119 Å². The smallest absolute Gasteiger partial charge is 0.337 e.